The van der Waals surface area contributed by atoms with E-state index in [9.17, 15) is 9.59 Å². The van der Waals surface area contributed by atoms with E-state index in [0.717, 1.165) is 22.4 Å². The van der Waals surface area contributed by atoms with Crippen molar-refractivity contribution in [2.45, 2.75) is 20.4 Å². The molecule has 0 bridgehead atoms. The number of carbonyl (C=O) groups is 2. The maximum absolute atomic E-state index is 11.2. The number of rotatable bonds is 4. The van der Waals surface area contributed by atoms with E-state index in [1.54, 1.807) is 14.2 Å². The molecule has 1 rings (SSSR count). The number of carbonyl (C=O) groups excluding carboxylic acids is 2. The summed E-state index contributed by atoms with van der Waals surface area (Å²) in [4.78, 5) is 23.0. The Kier molecular flexibility index (Phi) is 4.26. The molecule has 0 N–H and O–H groups in total. The van der Waals surface area contributed by atoms with Gasteiger partial charge in [-0.05, 0) is 31.0 Å². The molecule has 0 aliphatic heterocycles. The monoisotopic (exact) mass is 235 g/mol. The van der Waals surface area contributed by atoms with Gasteiger partial charge in [0.1, 0.15) is 5.75 Å². The molecule has 1 aromatic carbocycles. The highest BCUT2D eigenvalue weighted by Gasteiger charge is 2.13. The molecule has 4 heteroatoms. The Morgan fingerprint density at radius 3 is 2.59 bits per heavy atom. The zero-order valence-corrected chi connectivity index (χ0v) is 10.6. The summed E-state index contributed by atoms with van der Waals surface area (Å²) in [6.07, 6.45) is 0.315. The maximum Gasteiger partial charge on any atom is 0.286 e. The molecule has 0 heterocycles. The second kappa shape index (κ2) is 5.48. The lowest BCUT2D eigenvalue weighted by Crippen LogP contribution is -2.27. The molecule has 4 nitrogen and oxygen atoms in total. The summed E-state index contributed by atoms with van der Waals surface area (Å²) in [5.74, 6) is 0.208. The summed E-state index contributed by atoms with van der Waals surface area (Å²) in [6.45, 7) is 4.32. The maximum atomic E-state index is 11.2. The number of hydrogen-bond donors (Lipinski definition) is 0. The molecular formula is C13H17NO3. The van der Waals surface area contributed by atoms with E-state index in [-0.39, 0.29) is 0 Å². The van der Waals surface area contributed by atoms with E-state index in [1.807, 2.05) is 26.0 Å². The Labute approximate surface area is 101 Å². The van der Waals surface area contributed by atoms with Gasteiger partial charge in [0.2, 0.25) is 6.29 Å². The molecule has 92 valence electrons. The van der Waals surface area contributed by atoms with Gasteiger partial charge >= 0.3 is 0 Å². The van der Waals surface area contributed by atoms with Crippen LogP contribution in [0.25, 0.3) is 0 Å². The van der Waals surface area contributed by atoms with Crippen molar-refractivity contribution >= 4 is 12.2 Å². The first-order valence-corrected chi connectivity index (χ1v) is 5.34. The van der Waals surface area contributed by atoms with Crippen molar-refractivity contribution < 1.29 is 14.3 Å². The first-order chi connectivity index (χ1) is 7.99. The fourth-order valence-electron chi connectivity index (χ4n) is 1.75. The smallest absolute Gasteiger partial charge is 0.286 e. The molecule has 17 heavy (non-hydrogen) atoms. The fraction of sp³-hybridized carbons (Fsp3) is 0.385. The Morgan fingerprint density at radius 1 is 1.41 bits per heavy atom. The average Bonchev–Trinajstić information content (AvgIpc) is 2.30. The van der Waals surface area contributed by atoms with Gasteiger partial charge in [0.05, 0.1) is 7.11 Å². The number of ether oxygens (including phenoxy) is 1. The van der Waals surface area contributed by atoms with E-state index in [4.69, 9.17) is 4.74 Å². The molecule has 0 spiro atoms. The van der Waals surface area contributed by atoms with Crippen molar-refractivity contribution in [3.05, 3.63) is 28.8 Å². The lowest BCUT2D eigenvalue weighted by atomic mass is 10.0. The van der Waals surface area contributed by atoms with Gasteiger partial charge in [-0.1, -0.05) is 6.07 Å². The van der Waals surface area contributed by atoms with Gasteiger partial charge in [-0.3, -0.25) is 9.59 Å². The highest BCUT2D eigenvalue weighted by Crippen LogP contribution is 2.25. The summed E-state index contributed by atoms with van der Waals surface area (Å²) in [6, 6.07) is 3.94. The third-order valence-electron chi connectivity index (χ3n) is 2.67. The minimum Gasteiger partial charge on any atom is -0.496 e. The Balaban J connectivity index is 3.05. The first-order valence-electron chi connectivity index (χ1n) is 5.34. The van der Waals surface area contributed by atoms with E-state index in [1.165, 1.54) is 4.90 Å². The average molecular weight is 235 g/mol. The molecule has 0 aromatic heterocycles. The first kappa shape index (κ1) is 13.2. The second-order valence-corrected chi connectivity index (χ2v) is 4.07. The van der Waals surface area contributed by atoms with Crippen molar-refractivity contribution in [2.75, 3.05) is 14.2 Å². The van der Waals surface area contributed by atoms with Crippen LogP contribution >= 0.6 is 0 Å². The summed E-state index contributed by atoms with van der Waals surface area (Å²) >= 11 is 0. The summed E-state index contributed by atoms with van der Waals surface area (Å²) in [5, 5.41) is 0. The largest absolute Gasteiger partial charge is 0.496 e. The van der Waals surface area contributed by atoms with E-state index in [2.05, 4.69) is 0 Å². The topological polar surface area (TPSA) is 46.6 Å². The normalized spacial score (nSPS) is 9.88. The lowest BCUT2D eigenvalue weighted by molar-refractivity contribution is -0.138. The molecule has 1 amide bonds. The third-order valence-corrected chi connectivity index (χ3v) is 2.67. The molecular weight excluding hydrogens is 218 g/mol. The number of hydrogen-bond acceptors (Lipinski definition) is 3. The zero-order valence-electron chi connectivity index (χ0n) is 10.6. The predicted molar refractivity (Wildman–Crippen MR) is 65.0 cm³/mol. The number of aldehydes is 1. The van der Waals surface area contributed by atoms with E-state index in [0.29, 0.717) is 12.8 Å². The van der Waals surface area contributed by atoms with E-state index < -0.39 is 5.91 Å². The number of aryl methyl sites for hydroxylation is 2. The van der Waals surface area contributed by atoms with Gasteiger partial charge in [0.25, 0.3) is 5.91 Å². The van der Waals surface area contributed by atoms with Crippen LogP contribution in [0.5, 0.6) is 5.75 Å². The standard InChI is InChI=1S/C13H17NO3/c1-9-5-10(2)11(12(6-9)17-4)7-14(3)13(16)8-15/h5-6,8H,7H2,1-4H3. The molecule has 0 aliphatic carbocycles. The van der Waals surface area contributed by atoms with Crippen LogP contribution in [0.15, 0.2) is 12.1 Å². The van der Waals surface area contributed by atoms with Crippen molar-refractivity contribution in [1.29, 1.82) is 0 Å². The van der Waals surface area contributed by atoms with Gasteiger partial charge in [-0.2, -0.15) is 0 Å². The Bertz CT molecular complexity index is 441. The van der Waals surface area contributed by atoms with Crippen LogP contribution in [0.1, 0.15) is 16.7 Å². The minimum atomic E-state index is -0.535. The summed E-state index contributed by atoms with van der Waals surface area (Å²) in [5.41, 5.74) is 3.08. The molecule has 0 radical (unpaired) electrons. The number of amides is 1. The van der Waals surface area contributed by atoms with Crippen LogP contribution in [0.4, 0.5) is 0 Å². The van der Waals surface area contributed by atoms with Gasteiger partial charge in [0, 0.05) is 19.2 Å². The van der Waals surface area contributed by atoms with Crippen LogP contribution < -0.4 is 4.74 Å². The van der Waals surface area contributed by atoms with E-state index >= 15 is 0 Å². The molecule has 0 fully saturated rings. The zero-order chi connectivity index (χ0) is 13.0. The Morgan fingerprint density at radius 2 is 2.06 bits per heavy atom. The van der Waals surface area contributed by atoms with Crippen LogP contribution in [0.2, 0.25) is 0 Å². The van der Waals surface area contributed by atoms with Crippen LogP contribution in [-0.2, 0) is 16.1 Å². The van der Waals surface area contributed by atoms with Gasteiger partial charge in [0.15, 0.2) is 0 Å². The van der Waals surface area contributed by atoms with Crippen molar-refractivity contribution in [1.82, 2.24) is 4.90 Å². The molecule has 0 atom stereocenters. The van der Waals surface area contributed by atoms with Crippen molar-refractivity contribution in [2.24, 2.45) is 0 Å². The second-order valence-electron chi connectivity index (χ2n) is 4.07. The van der Waals surface area contributed by atoms with Crippen molar-refractivity contribution in [3.63, 3.8) is 0 Å². The van der Waals surface area contributed by atoms with Gasteiger partial charge < -0.3 is 9.64 Å². The third kappa shape index (κ3) is 3.06. The van der Waals surface area contributed by atoms with Gasteiger partial charge in [-0.15, -0.1) is 0 Å². The number of likely N-dealkylation sites (N-methyl/N-ethyl adjacent to an activating group) is 1. The SMILES string of the molecule is COc1cc(C)cc(C)c1CN(C)C(=O)C=O. The molecule has 0 unspecified atom stereocenters. The number of methoxy groups -OCH3 is 1. The van der Waals surface area contributed by atoms with Crippen LogP contribution in [-0.4, -0.2) is 31.3 Å². The quantitative estimate of drug-likeness (QED) is 0.586. The molecule has 1 aromatic rings. The predicted octanol–water partition coefficient (Wildman–Crippen LogP) is 1.47. The number of benzene rings is 1. The highest BCUT2D eigenvalue weighted by molar-refractivity contribution is 6.23. The molecule has 0 saturated heterocycles. The minimum absolute atomic E-state index is 0.315. The van der Waals surface area contributed by atoms with Gasteiger partial charge in [-0.25, -0.2) is 0 Å². The lowest BCUT2D eigenvalue weighted by Gasteiger charge is -2.18. The number of nitrogens with zero attached hydrogens (tertiary/aromatic N) is 1. The summed E-state index contributed by atoms with van der Waals surface area (Å²) in [7, 11) is 3.19. The van der Waals surface area contributed by atoms with Crippen LogP contribution in [0, 0.1) is 13.8 Å². The van der Waals surface area contributed by atoms with Crippen molar-refractivity contribution in [3.8, 4) is 5.75 Å². The fourth-order valence-corrected chi connectivity index (χ4v) is 1.75. The van der Waals surface area contributed by atoms with Crippen LogP contribution in [0.3, 0.4) is 0 Å². The Hall–Kier alpha value is -1.84. The summed E-state index contributed by atoms with van der Waals surface area (Å²) < 4.78 is 5.29. The molecule has 0 aliphatic rings. The highest BCUT2D eigenvalue weighted by atomic mass is 16.5. The molecule has 0 saturated carbocycles.